The Hall–Kier alpha value is -0.130. The second kappa shape index (κ2) is 6.45. The van der Waals surface area contributed by atoms with Crippen LogP contribution < -0.4 is 11.3 Å². The number of rotatable bonds is 5. The summed E-state index contributed by atoms with van der Waals surface area (Å²) in [5.41, 5.74) is 3.71. The molecule has 0 aliphatic carbocycles. The zero-order valence-corrected chi connectivity index (χ0v) is 10.8. The van der Waals surface area contributed by atoms with Crippen molar-refractivity contribution >= 4 is 27.5 Å². The van der Waals surface area contributed by atoms with Gasteiger partial charge in [-0.25, -0.2) is 0 Å². The van der Waals surface area contributed by atoms with E-state index in [1.165, 1.54) is 0 Å². The molecular formula is C10H14BrClN2O. The largest absolute Gasteiger partial charge is 0.380 e. The number of hydrogen-bond donors (Lipinski definition) is 2. The zero-order chi connectivity index (χ0) is 11.3. The predicted molar refractivity (Wildman–Crippen MR) is 65.7 cm³/mol. The highest BCUT2D eigenvalue weighted by Crippen LogP contribution is 2.26. The average molecular weight is 294 g/mol. The van der Waals surface area contributed by atoms with Gasteiger partial charge in [0.25, 0.3) is 0 Å². The van der Waals surface area contributed by atoms with Crippen molar-refractivity contribution < 1.29 is 4.74 Å². The normalized spacial score (nSPS) is 12.8. The Labute approximate surface area is 103 Å². The summed E-state index contributed by atoms with van der Waals surface area (Å²) in [7, 11) is 0. The summed E-state index contributed by atoms with van der Waals surface area (Å²) < 4.78 is 6.30. The fourth-order valence-electron chi connectivity index (χ4n) is 1.25. The summed E-state index contributed by atoms with van der Waals surface area (Å²) in [4.78, 5) is 0. The lowest BCUT2D eigenvalue weighted by molar-refractivity contribution is 0.123. The van der Waals surface area contributed by atoms with Gasteiger partial charge in [-0.1, -0.05) is 27.5 Å². The van der Waals surface area contributed by atoms with Crippen LogP contribution in [0.25, 0.3) is 0 Å². The molecule has 1 unspecified atom stereocenters. The summed E-state index contributed by atoms with van der Waals surface area (Å²) in [5.74, 6) is 5.47. The molecular weight excluding hydrogens is 279 g/mol. The number of nitrogens with one attached hydrogen (secondary N) is 1. The second-order valence-electron chi connectivity index (χ2n) is 3.04. The van der Waals surface area contributed by atoms with E-state index in [-0.39, 0.29) is 6.04 Å². The van der Waals surface area contributed by atoms with Gasteiger partial charge < -0.3 is 4.74 Å². The van der Waals surface area contributed by atoms with Gasteiger partial charge in [0.1, 0.15) is 0 Å². The molecule has 0 aliphatic rings. The number of nitrogens with two attached hydrogens (primary N) is 1. The Morgan fingerprint density at radius 2 is 2.33 bits per heavy atom. The standard InChI is InChI=1S/C10H14BrClN2O/c1-2-15-6-10(14-13)8-5-7(12)3-4-9(8)11/h3-5,10,14H,2,6,13H2,1H3. The summed E-state index contributed by atoms with van der Waals surface area (Å²) in [6.45, 7) is 3.13. The van der Waals surface area contributed by atoms with Crippen LogP contribution in [-0.2, 0) is 4.74 Å². The quantitative estimate of drug-likeness (QED) is 0.648. The first-order valence-electron chi connectivity index (χ1n) is 4.67. The van der Waals surface area contributed by atoms with E-state index in [0.29, 0.717) is 18.2 Å². The molecule has 3 nitrogen and oxygen atoms in total. The minimum Gasteiger partial charge on any atom is -0.380 e. The molecule has 0 amide bonds. The number of benzene rings is 1. The van der Waals surface area contributed by atoms with Crippen molar-refractivity contribution in [3.8, 4) is 0 Å². The summed E-state index contributed by atoms with van der Waals surface area (Å²) in [6, 6.07) is 5.53. The molecule has 3 N–H and O–H groups in total. The molecule has 0 aliphatic heterocycles. The maximum absolute atomic E-state index is 5.92. The molecule has 1 aromatic rings. The summed E-state index contributed by atoms with van der Waals surface area (Å²) >= 11 is 9.38. The van der Waals surface area contributed by atoms with Gasteiger partial charge in [0.15, 0.2) is 0 Å². The maximum atomic E-state index is 5.92. The first-order valence-corrected chi connectivity index (χ1v) is 5.85. The molecule has 0 radical (unpaired) electrons. The summed E-state index contributed by atoms with van der Waals surface area (Å²) in [6.07, 6.45) is 0. The van der Waals surface area contributed by atoms with Crippen LogP contribution in [0.5, 0.6) is 0 Å². The lowest BCUT2D eigenvalue weighted by atomic mass is 10.1. The molecule has 0 spiro atoms. The van der Waals surface area contributed by atoms with Crippen LogP contribution in [0.4, 0.5) is 0 Å². The van der Waals surface area contributed by atoms with E-state index in [4.69, 9.17) is 22.2 Å². The number of hydrazine groups is 1. The third kappa shape index (κ3) is 3.74. The van der Waals surface area contributed by atoms with E-state index in [1.54, 1.807) is 0 Å². The minimum atomic E-state index is -0.0574. The monoisotopic (exact) mass is 292 g/mol. The summed E-state index contributed by atoms with van der Waals surface area (Å²) in [5, 5.41) is 0.685. The maximum Gasteiger partial charge on any atom is 0.0705 e. The van der Waals surface area contributed by atoms with Crippen molar-refractivity contribution in [1.82, 2.24) is 5.43 Å². The average Bonchev–Trinajstić information content (AvgIpc) is 2.24. The second-order valence-corrected chi connectivity index (χ2v) is 4.34. The first kappa shape index (κ1) is 12.9. The van der Waals surface area contributed by atoms with Crippen LogP contribution in [0.2, 0.25) is 5.02 Å². The Bertz CT molecular complexity index is 322. The lowest BCUT2D eigenvalue weighted by Crippen LogP contribution is -2.31. The van der Waals surface area contributed by atoms with Gasteiger partial charge in [-0.15, -0.1) is 0 Å². The third-order valence-corrected chi connectivity index (χ3v) is 2.98. The van der Waals surface area contributed by atoms with Gasteiger partial charge >= 0.3 is 0 Å². The van der Waals surface area contributed by atoms with Crippen LogP contribution in [-0.4, -0.2) is 13.2 Å². The molecule has 84 valence electrons. The van der Waals surface area contributed by atoms with Crippen molar-refractivity contribution in [2.45, 2.75) is 13.0 Å². The molecule has 5 heteroatoms. The highest BCUT2D eigenvalue weighted by molar-refractivity contribution is 9.10. The lowest BCUT2D eigenvalue weighted by Gasteiger charge is -2.17. The highest BCUT2D eigenvalue weighted by atomic mass is 79.9. The molecule has 1 rings (SSSR count). The van der Waals surface area contributed by atoms with Crippen LogP contribution in [0.1, 0.15) is 18.5 Å². The van der Waals surface area contributed by atoms with E-state index >= 15 is 0 Å². The Balaban J connectivity index is 2.85. The molecule has 0 bridgehead atoms. The Morgan fingerprint density at radius 3 is 2.93 bits per heavy atom. The Kier molecular flexibility index (Phi) is 5.56. The molecule has 0 saturated heterocycles. The first-order chi connectivity index (χ1) is 7.19. The van der Waals surface area contributed by atoms with Crippen molar-refractivity contribution in [3.63, 3.8) is 0 Å². The number of hydrogen-bond acceptors (Lipinski definition) is 3. The molecule has 0 fully saturated rings. The number of ether oxygens (including phenoxy) is 1. The topological polar surface area (TPSA) is 47.3 Å². The van der Waals surface area contributed by atoms with E-state index in [2.05, 4.69) is 21.4 Å². The van der Waals surface area contributed by atoms with E-state index < -0.39 is 0 Å². The van der Waals surface area contributed by atoms with Crippen LogP contribution in [0.15, 0.2) is 22.7 Å². The van der Waals surface area contributed by atoms with Crippen LogP contribution in [0.3, 0.4) is 0 Å². The van der Waals surface area contributed by atoms with Gasteiger partial charge in [-0.3, -0.25) is 11.3 Å². The molecule has 15 heavy (non-hydrogen) atoms. The fraction of sp³-hybridized carbons (Fsp3) is 0.400. The van der Waals surface area contributed by atoms with Crippen LogP contribution in [0, 0.1) is 0 Å². The van der Waals surface area contributed by atoms with Crippen molar-refractivity contribution in [1.29, 1.82) is 0 Å². The smallest absolute Gasteiger partial charge is 0.0705 e. The van der Waals surface area contributed by atoms with Gasteiger partial charge in [-0.2, -0.15) is 0 Å². The molecule has 0 saturated carbocycles. The number of halogens is 2. The fourth-order valence-corrected chi connectivity index (χ4v) is 1.95. The van der Waals surface area contributed by atoms with E-state index in [9.17, 15) is 0 Å². The van der Waals surface area contributed by atoms with Crippen LogP contribution >= 0.6 is 27.5 Å². The predicted octanol–water partition coefficient (Wildman–Crippen LogP) is 2.64. The van der Waals surface area contributed by atoms with E-state index in [1.807, 2.05) is 25.1 Å². The zero-order valence-electron chi connectivity index (χ0n) is 8.47. The molecule has 1 atom stereocenters. The highest BCUT2D eigenvalue weighted by Gasteiger charge is 2.13. The van der Waals surface area contributed by atoms with Crippen molar-refractivity contribution in [2.75, 3.05) is 13.2 Å². The van der Waals surface area contributed by atoms with Crippen molar-refractivity contribution in [2.24, 2.45) is 5.84 Å². The minimum absolute atomic E-state index is 0.0574. The van der Waals surface area contributed by atoms with Gasteiger partial charge in [0.2, 0.25) is 0 Å². The Morgan fingerprint density at radius 1 is 1.60 bits per heavy atom. The van der Waals surface area contributed by atoms with Gasteiger partial charge in [0, 0.05) is 16.1 Å². The molecule has 0 aromatic heterocycles. The van der Waals surface area contributed by atoms with Gasteiger partial charge in [0.05, 0.1) is 12.6 Å². The van der Waals surface area contributed by atoms with E-state index in [0.717, 1.165) is 10.0 Å². The molecule has 1 aromatic carbocycles. The van der Waals surface area contributed by atoms with Gasteiger partial charge in [-0.05, 0) is 30.7 Å². The van der Waals surface area contributed by atoms with Crippen molar-refractivity contribution in [3.05, 3.63) is 33.3 Å². The SMILES string of the molecule is CCOCC(NN)c1cc(Cl)ccc1Br. The molecule has 0 heterocycles. The third-order valence-electron chi connectivity index (χ3n) is 2.02.